The van der Waals surface area contributed by atoms with Crippen LogP contribution in [0.5, 0.6) is 17.2 Å². The van der Waals surface area contributed by atoms with Gasteiger partial charge in [-0.1, -0.05) is 44.2 Å². The Hall–Kier alpha value is -12.7. The highest BCUT2D eigenvalue weighted by molar-refractivity contribution is 6.01. The van der Waals surface area contributed by atoms with Gasteiger partial charge in [-0.15, -0.1) is 0 Å². The van der Waals surface area contributed by atoms with E-state index in [9.17, 15) is 14.4 Å². The molecule has 3 aliphatic heterocycles. The van der Waals surface area contributed by atoms with Gasteiger partial charge in [-0.05, 0) is 181 Å². The third kappa shape index (κ3) is 19.8. The summed E-state index contributed by atoms with van der Waals surface area (Å²) >= 11 is 0. The van der Waals surface area contributed by atoms with E-state index in [4.69, 9.17) is 19.2 Å². The lowest BCUT2D eigenvalue weighted by molar-refractivity contribution is 0.0652. The van der Waals surface area contributed by atoms with Crippen molar-refractivity contribution in [1.82, 2.24) is 89.2 Å². The van der Waals surface area contributed by atoms with Crippen molar-refractivity contribution in [2.24, 2.45) is 0 Å². The molecule has 27 heteroatoms. The summed E-state index contributed by atoms with van der Waals surface area (Å²) in [5.41, 5.74) is 12.6. The van der Waals surface area contributed by atoms with Crippen molar-refractivity contribution in [2.75, 3.05) is 122 Å². The second-order valence-corrected chi connectivity index (χ2v) is 29.7. The van der Waals surface area contributed by atoms with Crippen LogP contribution < -0.4 is 30.2 Å². The van der Waals surface area contributed by atoms with E-state index in [1.165, 1.54) is 18.4 Å². The smallest absolute Gasteiger partial charge is 0.270 e. The highest BCUT2D eigenvalue weighted by atomic mass is 16.5. The lowest BCUT2D eigenvalue weighted by atomic mass is 9.98. The molecule has 1 saturated carbocycles. The Labute approximate surface area is 668 Å². The van der Waals surface area contributed by atoms with Crippen molar-refractivity contribution in [3.8, 4) is 51.4 Å². The predicted molar refractivity (Wildman–Crippen MR) is 449 cm³/mol. The minimum atomic E-state index is 0.0360. The first kappa shape index (κ1) is 77.6. The van der Waals surface area contributed by atoms with E-state index in [-0.39, 0.29) is 23.8 Å². The number of nitrogens with zero attached hydrogens (tertiary/aromatic N) is 15. The number of H-pyrrole nitrogens is 3. The number of aromatic amines is 3. The van der Waals surface area contributed by atoms with E-state index < -0.39 is 0 Å². The number of anilines is 6. The summed E-state index contributed by atoms with van der Waals surface area (Å²) in [5, 5.41) is 12.7. The number of nitrogens with one attached hydrogen (secondary N) is 6. The third-order valence-electron chi connectivity index (χ3n) is 21.4. The van der Waals surface area contributed by atoms with Gasteiger partial charge in [0.1, 0.15) is 34.3 Å². The molecule has 4 aromatic carbocycles. The molecule has 1 unspecified atom stereocenters. The van der Waals surface area contributed by atoms with E-state index >= 15 is 0 Å². The van der Waals surface area contributed by atoms with E-state index in [1.807, 2.05) is 155 Å². The van der Waals surface area contributed by atoms with Crippen LogP contribution in [0, 0.1) is 0 Å². The van der Waals surface area contributed by atoms with Crippen molar-refractivity contribution in [1.29, 1.82) is 0 Å². The highest BCUT2D eigenvalue weighted by Crippen LogP contribution is 2.32. The van der Waals surface area contributed by atoms with Crippen LogP contribution in [-0.2, 0) is 0 Å². The van der Waals surface area contributed by atoms with E-state index in [2.05, 4.69) is 145 Å². The van der Waals surface area contributed by atoms with Crippen molar-refractivity contribution in [3.63, 3.8) is 0 Å². The van der Waals surface area contributed by atoms with Gasteiger partial charge in [0.25, 0.3) is 17.7 Å². The zero-order valence-electron chi connectivity index (χ0n) is 65.8. The molecule has 27 nitrogen and oxygen atoms in total. The van der Waals surface area contributed by atoms with Gasteiger partial charge >= 0.3 is 0 Å². The normalized spacial score (nSPS) is 15.5. The molecule has 13 aromatic rings. The molecule has 9 aromatic heterocycles. The number of benzene rings is 4. The van der Waals surface area contributed by atoms with E-state index in [0.717, 1.165) is 188 Å². The topological polar surface area (TPSA) is 298 Å². The summed E-state index contributed by atoms with van der Waals surface area (Å²) in [6.45, 7) is 16.7. The van der Waals surface area contributed by atoms with Gasteiger partial charge in [0.15, 0.2) is 0 Å². The summed E-state index contributed by atoms with van der Waals surface area (Å²) in [7, 11) is 6.24. The van der Waals surface area contributed by atoms with Crippen molar-refractivity contribution in [2.45, 2.75) is 77.4 Å². The molecule has 4 aliphatic rings. The zero-order chi connectivity index (χ0) is 79.2. The predicted octanol–water partition coefficient (Wildman–Crippen LogP) is 14.5. The molecule has 0 bridgehead atoms. The number of likely N-dealkylation sites (N-methyl/N-ethyl adjacent to an activating group) is 3. The number of fused-ring (bicyclic) bond motifs is 3. The molecule has 6 N–H and O–H groups in total. The quantitative estimate of drug-likeness (QED) is 0.0367. The fourth-order valence-electron chi connectivity index (χ4n) is 14.4. The fourth-order valence-corrected chi connectivity index (χ4v) is 14.4. The largest absolute Gasteiger partial charge is 0.493 e. The van der Waals surface area contributed by atoms with Gasteiger partial charge in [-0.25, -0.2) is 29.9 Å². The zero-order valence-corrected chi connectivity index (χ0v) is 65.8. The van der Waals surface area contributed by atoms with Gasteiger partial charge in [0, 0.05) is 190 Å². The first-order valence-electron chi connectivity index (χ1n) is 39.7. The van der Waals surface area contributed by atoms with Gasteiger partial charge < -0.3 is 74.5 Å². The second kappa shape index (κ2) is 36.4. The molecule has 590 valence electrons. The minimum Gasteiger partial charge on any atom is -0.493 e. The Morgan fingerprint density at radius 1 is 0.417 bits per heavy atom. The molecule has 1 aliphatic carbocycles. The average molecular weight is 1540 g/mol. The molecule has 3 saturated heterocycles. The lowest BCUT2D eigenvalue weighted by Gasteiger charge is -2.32. The number of hydrogen-bond acceptors (Lipinski definition) is 21. The van der Waals surface area contributed by atoms with Crippen LogP contribution >= 0.6 is 0 Å². The van der Waals surface area contributed by atoms with Gasteiger partial charge in [0.05, 0.1) is 53.0 Å². The van der Waals surface area contributed by atoms with Crippen LogP contribution in [0.25, 0.3) is 66.9 Å². The van der Waals surface area contributed by atoms with Gasteiger partial charge in [-0.2, -0.15) is 0 Å². The molecule has 2 atom stereocenters. The van der Waals surface area contributed by atoms with Crippen LogP contribution in [0.4, 0.5) is 34.9 Å². The molecule has 3 amide bonds. The number of ether oxygens (including phenoxy) is 3. The number of aromatic nitrogens is 12. The fraction of sp³-hybridized carbons (Fsp3) is 0.318. The summed E-state index contributed by atoms with van der Waals surface area (Å²) < 4.78 is 18.2. The van der Waals surface area contributed by atoms with Gasteiger partial charge in [0.2, 0.25) is 17.8 Å². The summed E-state index contributed by atoms with van der Waals surface area (Å²) in [6.07, 6.45) is 17.4. The number of carbonyl (C=O) groups excluding carboxylic acids is 3. The van der Waals surface area contributed by atoms with Crippen LogP contribution in [-0.4, -0.2) is 225 Å². The summed E-state index contributed by atoms with van der Waals surface area (Å²) in [5.74, 6) is 4.17. The Morgan fingerprint density at radius 2 is 0.791 bits per heavy atom. The molecule has 115 heavy (non-hydrogen) atoms. The van der Waals surface area contributed by atoms with E-state index in [1.54, 1.807) is 37.2 Å². The molecule has 0 radical (unpaired) electrons. The number of amides is 3. The number of pyridine rings is 3. The third-order valence-corrected chi connectivity index (χ3v) is 21.4. The van der Waals surface area contributed by atoms with Gasteiger partial charge in [-0.3, -0.25) is 29.3 Å². The van der Waals surface area contributed by atoms with E-state index in [0.29, 0.717) is 70.6 Å². The molecule has 17 rings (SSSR count). The Morgan fingerprint density at radius 3 is 1.19 bits per heavy atom. The summed E-state index contributed by atoms with van der Waals surface area (Å²) in [6, 6.07) is 50.8. The molecule has 4 fully saturated rings. The molecular weight excluding hydrogens is 1450 g/mol. The van der Waals surface area contributed by atoms with Crippen molar-refractivity contribution < 1.29 is 28.6 Å². The van der Waals surface area contributed by atoms with Crippen LogP contribution in [0.15, 0.2) is 195 Å². The number of piperazine rings is 3. The molecule has 12 heterocycles. The average Bonchev–Trinajstić information content (AvgIpc) is 1.69. The maximum Gasteiger partial charge on any atom is 0.270 e. The van der Waals surface area contributed by atoms with Crippen molar-refractivity contribution >= 4 is 85.3 Å². The first-order chi connectivity index (χ1) is 56.1. The molecular formula is C88H97N21O6. The maximum atomic E-state index is 13.0. The van der Waals surface area contributed by atoms with Crippen molar-refractivity contribution in [3.05, 3.63) is 218 Å². The second-order valence-electron chi connectivity index (χ2n) is 29.7. The Balaban J connectivity index is 0.000000136. The monoisotopic (exact) mass is 1540 g/mol. The van der Waals surface area contributed by atoms with Crippen LogP contribution in [0.2, 0.25) is 0 Å². The Bertz CT molecular complexity index is 5490. The molecule has 0 spiro atoms. The number of carbonyl (C=O) groups is 3. The summed E-state index contributed by atoms with van der Waals surface area (Å²) in [4.78, 5) is 102. The highest BCUT2D eigenvalue weighted by Gasteiger charge is 2.26. The lowest BCUT2D eigenvalue weighted by Crippen LogP contribution is -2.47. The SMILES string of the molecule is CCC(COc1ccnc(-c2ccnc(Nc3ccc4[nH]c(C(=O)N5CCN(C)CC5)cc4c3)n2)c1)c1ccccc1.CC[C@H](C)Oc1ccnc(-c2ccnc(Nc3ccc4[nH]c(C(=O)N5CCN(C)CC5)cc4c3)n2)c1.CN1CCN(C(=O)c2cc3cc(Nc4nccc(-c5cc(OC6CCCC6)ccn5)n4)ccc3[nH]2)CC1. The maximum absolute atomic E-state index is 13.0. The standard InChI is InChI=1S/C33H35N7O2.C28H31N7O2.C27H31N7O2/c1-3-23(24-7-5-4-6-8-24)22-42-27-11-13-34-30(21-27)29-12-14-35-33(38-29)36-26-9-10-28-25(19-26)20-31(37-28)32(41)40-17-15-39(2)16-18-40;1-34-12-14-35(15-13-34)27(36)26-17-19-16-20(6-7-23(19)32-26)31-28-30-11-9-24(33-28)25-18-22(8-10-29-25)37-21-4-2-3-5-21;1-4-18(2)36-21-7-9-28-24(17-21)23-8-10-29-27(32-23)30-20-5-6-22-19(15-20)16-25(31-22)26(35)34-13-11-33(3)12-14-34/h4-14,19-21,23,37H,3,15-18,22H2,1-2H3,(H,35,36,38);6-11,16-18,21,32H,2-5,12-15H2,1H3,(H,30,31,33);5-10,15-18,31H,4,11-14H2,1-3H3,(H,29,30,32)/t;;18-/m..0/s1. The first-order valence-corrected chi connectivity index (χ1v) is 39.7. The van der Waals surface area contributed by atoms with Crippen LogP contribution in [0.3, 0.4) is 0 Å². The number of rotatable bonds is 22. The number of hydrogen-bond donors (Lipinski definition) is 6. The Kier molecular flexibility index (Phi) is 24.6. The van der Waals surface area contributed by atoms with Crippen LogP contribution in [0.1, 0.15) is 102 Å². The minimum absolute atomic E-state index is 0.0360.